The fraction of sp³-hybridized carbons (Fsp3) is 0.267. The Morgan fingerprint density at radius 2 is 1.90 bits per heavy atom. The van der Waals surface area contributed by atoms with Gasteiger partial charge in [-0.15, -0.1) is 0 Å². The Kier molecular flexibility index (Phi) is 3.60. The molecule has 0 unspecified atom stereocenters. The van der Waals surface area contributed by atoms with Crippen molar-refractivity contribution in [3.63, 3.8) is 0 Å². The molecule has 0 amide bonds. The monoisotopic (exact) mass is 276 g/mol. The summed E-state index contributed by atoms with van der Waals surface area (Å²) in [5.41, 5.74) is 0.654. The van der Waals surface area contributed by atoms with Gasteiger partial charge in [0, 0.05) is 18.2 Å². The molecule has 0 spiro atoms. The van der Waals surface area contributed by atoms with E-state index >= 15 is 0 Å². The van der Waals surface area contributed by atoms with Gasteiger partial charge < -0.3 is 10.1 Å². The molecular weight excluding hydrogens is 262 g/mol. The summed E-state index contributed by atoms with van der Waals surface area (Å²) in [6.45, 7) is 0.506. The molecule has 20 heavy (non-hydrogen) atoms. The summed E-state index contributed by atoms with van der Waals surface area (Å²) in [6, 6.07) is 7.55. The highest BCUT2D eigenvalue weighted by Gasteiger charge is 2.21. The van der Waals surface area contributed by atoms with Gasteiger partial charge in [0.1, 0.15) is 17.4 Å². The van der Waals surface area contributed by atoms with Crippen molar-refractivity contribution in [2.75, 3.05) is 0 Å². The summed E-state index contributed by atoms with van der Waals surface area (Å²) >= 11 is 0. The van der Waals surface area contributed by atoms with E-state index in [1.54, 1.807) is 0 Å². The minimum atomic E-state index is -0.399. The maximum Gasteiger partial charge on any atom is 0.223 e. The molecule has 0 saturated heterocycles. The zero-order chi connectivity index (χ0) is 13.9. The van der Waals surface area contributed by atoms with Gasteiger partial charge in [0.25, 0.3) is 0 Å². The summed E-state index contributed by atoms with van der Waals surface area (Å²) in [5, 5.41) is 3.29. The number of halogens is 2. The van der Waals surface area contributed by atoms with E-state index in [4.69, 9.17) is 4.74 Å². The lowest BCUT2D eigenvalue weighted by molar-refractivity contribution is 0.447. The molecule has 0 radical (unpaired) electrons. The molecule has 3 nitrogen and oxygen atoms in total. The van der Waals surface area contributed by atoms with Gasteiger partial charge in [-0.25, -0.2) is 13.8 Å². The van der Waals surface area contributed by atoms with E-state index in [1.807, 2.05) is 0 Å². The molecule has 1 heterocycles. The number of rotatable bonds is 5. The van der Waals surface area contributed by atoms with E-state index < -0.39 is 5.82 Å². The number of aromatic nitrogens is 1. The van der Waals surface area contributed by atoms with Crippen molar-refractivity contribution >= 4 is 0 Å². The van der Waals surface area contributed by atoms with Crippen LogP contribution >= 0.6 is 0 Å². The molecule has 0 aliphatic heterocycles. The lowest BCUT2D eigenvalue weighted by Crippen LogP contribution is -2.16. The number of hydrogen-bond donors (Lipinski definition) is 1. The molecule has 3 rings (SSSR count). The van der Waals surface area contributed by atoms with Crippen LogP contribution in [0.3, 0.4) is 0 Å². The maximum absolute atomic E-state index is 13.3. The number of nitrogens with one attached hydrogen (secondary N) is 1. The van der Waals surface area contributed by atoms with Gasteiger partial charge in [0.2, 0.25) is 5.88 Å². The molecule has 1 aliphatic carbocycles. The zero-order valence-corrected chi connectivity index (χ0v) is 10.8. The average Bonchev–Trinajstić information content (AvgIpc) is 3.25. The first kappa shape index (κ1) is 13.0. The van der Waals surface area contributed by atoms with Crippen LogP contribution in [0.25, 0.3) is 0 Å². The van der Waals surface area contributed by atoms with Crippen molar-refractivity contribution in [2.24, 2.45) is 0 Å². The summed E-state index contributed by atoms with van der Waals surface area (Å²) in [4.78, 5) is 3.96. The van der Waals surface area contributed by atoms with Crippen LogP contribution in [-0.2, 0) is 6.54 Å². The van der Waals surface area contributed by atoms with E-state index in [2.05, 4.69) is 10.3 Å². The fourth-order valence-electron chi connectivity index (χ4n) is 1.84. The van der Waals surface area contributed by atoms with E-state index in [9.17, 15) is 8.78 Å². The van der Waals surface area contributed by atoms with Gasteiger partial charge in [-0.05, 0) is 43.2 Å². The molecule has 1 aliphatic rings. The summed E-state index contributed by atoms with van der Waals surface area (Å²) in [6.07, 6.45) is 3.41. The maximum atomic E-state index is 13.3. The van der Waals surface area contributed by atoms with Crippen LogP contribution in [0.1, 0.15) is 18.4 Å². The average molecular weight is 276 g/mol. The number of ether oxygens (including phenoxy) is 1. The van der Waals surface area contributed by atoms with Crippen molar-refractivity contribution in [3.8, 4) is 11.6 Å². The summed E-state index contributed by atoms with van der Waals surface area (Å²) in [7, 11) is 0. The molecule has 2 aromatic rings. The quantitative estimate of drug-likeness (QED) is 0.908. The van der Waals surface area contributed by atoms with Crippen LogP contribution in [0.4, 0.5) is 8.78 Å². The van der Waals surface area contributed by atoms with Crippen LogP contribution < -0.4 is 10.1 Å². The first-order valence-electron chi connectivity index (χ1n) is 6.52. The third-order valence-electron chi connectivity index (χ3n) is 3.08. The minimum absolute atomic E-state index is 0.333. The topological polar surface area (TPSA) is 34.1 Å². The Morgan fingerprint density at radius 1 is 1.15 bits per heavy atom. The van der Waals surface area contributed by atoms with Crippen LogP contribution in [0, 0.1) is 11.6 Å². The SMILES string of the molecule is Fc1ccc(Oc2ncc(F)cc2CNC2CC2)cc1. The number of hydrogen-bond acceptors (Lipinski definition) is 3. The Labute approximate surface area is 115 Å². The Balaban J connectivity index is 1.77. The van der Waals surface area contributed by atoms with Gasteiger partial charge in [0.15, 0.2) is 0 Å². The Bertz CT molecular complexity index is 597. The third kappa shape index (κ3) is 3.30. The van der Waals surface area contributed by atoms with Crippen LogP contribution in [0.15, 0.2) is 36.5 Å². The van der Waals surface area contributed by atoms with Crippen LogP contribution in [0.5, 0.6) is 11.6 Å². The second-order valence-corrected chi connectivity index (χ2v) is 4.83. The van der Waals surface area contributed by atoms with Gasteiger partial charge in [0.05, 0.1) is 6.20 Å². The highest BCUT2D eigenvalue weighted by atomic mass is 19.1. The van der Waals surface area contributed by atoms with Crippen molar-refractivity contribution in [1.82, 2.24) is 10.3 Å². The highest BCUT2D eigenvalue weighted by molar-refractivity contribution is 5.32. The van der Waals surface area contributed by atoms with Gasteiger partial charge in [-0.3, -0.25) is 0 Å². The van der Waals surface area contributed by atoms with E-state index in [-0.39, 0.29) is 5.82 Å². The number of benzene rings is 1. The second-order valence-electron chi connectivity index (χ2n) is 4.83. The number of pyridine rings is 1. The third-order valence-corrected chi connectivity index (χ3v) is 3.08. The molecule has 1 N–H and O–H groups in total. The standard InChI is InChI=1S/C15H14F2N2O/c16-11-1-5-14(6-2-11)20-15-10(7-12(17)9-19-15)8-18-13-3-4-13/h1-2,5-7,9,13,18H,3-4,8H2. The molecular formula is C15H14F2N2O. The molecule has 5 heteroatoms. The Hall–Kier alpha value is -2.01. The smallest absolute Gasteiger partial charge is 0.223 e. The highest BCUT2D eigenvalue weighted by Crippen LogP contribution is 2.25. The van der Waals surface area contributed by atoms with Crippen molar-refractivity contribution in [1.29, 1.82) is 0 Å². The molecule has 104 valence electrons. The van der Waals surface area contributed by atoms with Gasteiger partial charge >= 0.3 is 0 Å². The molecule has 0 bridgehead atoms. The normalized spacial score (nSPS) is 14.3. The van der Waals surface area contributed by atoms with Crippen molar-refractivity contribution < 1.29 is 13.5 Å². The largest absolute Gasteiger partial charge is 0.439 e. The number of nitrogens with zero attached hydrogens (tertiary/aromatic N) is 1. The van der Waals surface area contributed by atoms with E-state index in [1.165, 1.54) is 30.3 Å². The lowest BCUT2D eigenvalue weighted by Gasteiger charge is -2.10. The van der Waals surface area contributed by atoms with Crippen molar-refractivity contribution in [2.45, 2.75) is 25.4 Å². The van der Waals surface area contributed by atoms with Crippen molar-refractivity contribution in [3.05, 3.63) is 53.7 Å². The lowest BCUT2D eigenvalue weighted by atomic mass is 10.2. The molecule has 1 aromatic carbocycles. The first-order valence-corrected chi connectivity index (χ1v) is 6.52. The van der Waals surface area contributed by atoms with Gasteiger partial charge in [-0.1, -0.05) is 0 Å². The van der Waals surface area contributed by atoms with E-state index in [0.29, 0.717) is 29.8 Å². The van der Waals surface area contributed by atoms with Crippen LogP contribution in [0.2, 0.25) is 0 Å². The first-order chi connectivity index (χ1) is 9.70. The molecule has 0 atom stereocenters. The molecule has 1 saturated carbocycles. The molecule has 1 fully saturated rings. The predicted molar refractivity (Wildman–Crippen MR) is 70.5 cm³/mol. The zero-order valence-electron chi connectivity index (χ0n) is 10.8. The minimum Gasteiger partial charge on any atom is -0.439 e. The van der Waals surface area contributed by atoms with Gasteiger partial charge in [-0.2, -0.15) is 0 Å². The summed E-state index contributed by atoms with van der Waals surface area (Å²) in [5.74, 6) is 0.0773. The fourth-order valence-corrected chi connectivity index (χ4v) is 1.84. The predicted octanol–water partition coefficient (Wildman–Crippen LogP) is 3.40. The molecule has 1 aromatic heterocycles. The van der Waals surface area contributed by atoms with E-state index in [0.717, 1.165) is 19.0 Å². The Morgan fingerprint density at radius 3 is 2.60 bits per heavy atom. The van der Waals surface area contributed by atoms with Crippen LogP contribution in [-0.4, -0.2) is 11.0 Å². The second kappa shape index (κ2) is 5.54. The summed E-state index contributed by atoms with van der Waals surface area (Å²) < 4.78 is 31.7.